The fraction of sp³-hybridized carbons (Fsp3) is 0.682. The number of aryl methyl sites for hydroxylation is 1. The van der Waals surface area contributed by atoms with Crippen molar-refractivity contribution >= 4 is 5.91 Å². The van der Waals surface area contributed by atoms with Crippen LogP contribution < -0.4 is 5.32 Å². The molecule has 0 spiro atoms. The van der Waals surface area contributed by atoms with E-state index in [1.165, 1.54) is 18.4 Å². The standard InChI is InChI=1S/C22H34N2O2/c1-15(2)20(14-24-12-10-16(3)11-13-24)23-22(26)19-9-8-17-6-4-5-7-18(17)21(19)25/h4-7,15-16,19-21,25H,8-14H2,1-3H3,(H,23,26)/t19?,20-,21?/m1/s1. The fourth-order valence-corrected chi connectivity index (χ4v) is 4.25. The van der Waals surface area contributed by atoms with Gasteiger partial charge in [0.15, 0.2) is 0 Å². The molecule has 0 radical (unpaired) electrons. The lowest BCUT2D eigenvalue weighted by Crippen LogP contribution is -2.50. The molecule has 1 amide bonds. The van der Waals surface area contributed by atoms with Gasteiger partial charge in [0.25, 0.3) is 0 Å². The van der Waals surface area contributed by atoms with Crippen molar-refractivity contribution in [3.8, 4) is 0 Å². The number of likely N-dealkylation sites (tertiary alicyclic amines) is 1. The monoisotopic (exact) mass is 358 g/mol. The summed E-state index contributed by atoms with van der Waals surface area (Å²) in [7, 11) is 0. The highest BCUT2D eigenvalue weighted by Crippen LogP contribution is 2.34. The fourth-order valence-electron chi connectivity index (χ4n) is 4.25. The third-order valence-corrected chi connectivity index (χ3v) is 6.28. The van der Waals surface area contributed by atoms with Crippen molar-refractivity contribution < 1.29 is 9.90 Å². The van der Waals surface area contributed by atoms with Crippen LogP contribution in [0.5, 0.6) is 0 Å². The molecule has 1 saturated heterocycles. The lowest BCUT2D eigenvalue weighted by Gasteiger charge is -2.36. The summed E-state index contributed by atoms with van der Waals surface area (Å²) in [4.78, 5) is 15.4. The molecular formula is C22H34N2O2. The van der Waals surface area contributed by atoms with Gasteiger partial charge in [-0.3, -0.25) is 4.79 Å². The molecule has 0 bridgehead atoms. The van der Waals surface area contributed by atoms with Crippen LogP contribution in [0.2, 0.25) is 0 Å². The van der Waals surface area contributed by atoms with Crippen LogP contribution >= 0.6 is 0 Å². The number of amides is 1. The average Bonchev–Trinajstić information content (AvgIpc) is 2.63. The van der Waals surface area contributed by atoms with Crippen LogP contribution in [0.1, 0.15) is 57.3 Å². The van der Waals surface area contributed by atoms with E-state index in [0.29, 0.717) is 5.92 Å². The number of benzene rings is 1. The van der Waals surface area contributed by atoms with Crippen LogP contribution in [0, 0.1) is 17.8 Å². The minimum atomic E-state index is -0.691. The highest BCUT2D eigenvalue weighted by atomic mass is 16.3. The van der Waals surface area contributed by atoms with Crippen LogP contribution in [-0.2, 0) is 11.2 Å². The van der Waals surface area contributed by atoms with Crippen molar-refractivity contribution in [2.75, 3.05) is 19.6 Å². The predicted molar refractivity (Wildman–Crippen MR) is 105 cm³/mol. The number of aliphatic hydroxyl groups excluding tert-OH is 1. The second kappa shape index (κ2) is 8.53. The van der Waals surface area contributed by atoms with Gasteiger partial charge in [0.05, 0.1) is 12.0 Å². The Morgan fingerprint density at radius 1 is 1.23 bits per heavy atom. The lowest BCUT2D eigenvalue weighted by molar-refractivity contribution is -0.130. The Hall–Kier alpha value is -1.39. The summed E-state index contributed by atoms with van der Waals surface area (Å²) < 4.78 is 0. The number of carbonyl (C=O) groups excluding carboxylic acids is 1. The highest BCUT2D eigenvalue weighted by Gasteiger charge is 2.34. The summed E-state index contributed by atoms with van der Waals surface area (Å²) in [6.07, 6.45) is 3.38. The number of nitrogens with one attached hydrogen (secondary N) is 1. The Balaban J connectivity index is 1.61. The largest absolute Gasteiger partial charge is 0.388 e. The van der Waals surface area contributed by atoms with Gasteiger partial charge in [-0.15, -0.1) is 0 Å². The van der Waals surface area contributed by atoms with Crippen molar-refractivity contribution in [3.63, 3.8) is 0 Å². The van der Waals surface area contributed by atoms with Gasteiger partial charge in [-0.2, -0.15) is 0 Å². The topological polar surface area (TPSA) is 52.6 Å². The molecule has 26 heavy (non-hydrogen) atoms. The summed E-state index contributed by atoms with van der Waals surface area (Å²) in [5.41, 5.74) is 2.09. The molecule has 3 atom stereocenters. The molecule has 144 valence electrons. The van der Waals surface area contributed by atoms with E-state index in [1.807, 2.05) is 18.2 Å². The lowest BCUT2D eigenvalue weighted by atomic mass is 9.81. The Kier molecular flexibility index (Phi) is 6.36. The van der Waals surface area contributed by atoms with Crippen molar-refractivity contribution in [1.29, 1.82) is 0 Å². The number of rotatable bonds is 5. The maximum absolute atomic E-state index is 12.9. The zero-order valence-corrected chi connectivity index (χ0v) is 16.4. The molecule has 0 saturated carbocycles. The van der Waals surface area contributed by atoms with Gasteiger partial charge in [-0.1, -0.05) is 45.0 Å². The molecular weight excluding hydrogens is 324 g/mol. The van der Waals surface area contributed by atoms with Crippen LogP contribution in [0.15, 0.2) is 24.3 Å². The number of hydrogen-bond acceptors (Lipinski definition) is 3. The summed E-state index contributed by atoms with van der Waals surface area (Å²) in [5, 5.41) is 14.0. The Labute approximate surface area is 158 Å². The molecule has 1 heterocycles. The van der Waals surface area contributed by atoms with E-state index in [0.717, 1.165) is 44.0 Å². The van der Waals surface area contributed by atoms with Gasteiger partial charge in [-0.05, 0) is 61.7 Å². The molecule has 2 N–H and O–H groups in total. The molecule has 1 aliphatic carbocycles. The highest BCUT2D eigenvalue weighted by molar-refractivity contribution is 5.80. The second-order valence-corrected chi connectivity index (χ2v) is 8.63. The molecule has 4 nitrogen and oxygen atoms in total. The molecule has 1 fully saturated rings. The minimum absolute atomic E-state index is 0.0103. The third kappa shape index (κ3) is 4.47. The number of fused-ring (bicyclic) bond motifs is 1. The number of piperidine rings is 1. The number of carbonyl (C=O) groups is 1. The van der Waals surface area contributed by atoms with Crippen molar-refractivity contribution in [3.05, 3.63) is 35.4 Å². The second-order valence-electron chi connectivity index (χ2n) is 8.63. The van der Waals surface area contributed by atoms with Gasteiger partial charge >= 0.3 is 0 Å². The van der Waals surface area contributed by atoms with Crippen molar-refractivity contribution in [2.45, 2.75) is 58.6 Å². The van der Waals surface area contributed by atoms with Crippen LogP contribution in [0.4, 0.5) is 0 Å². The maximum Gasteiger partial charge on any atom is 0.226 e. The SMILES string of the molecule is CC1CCN(C[C@@H](NC(=O)C2CCc3ccccc3C2O)C(C)C)CC1. The first-order valence-electron chi connectivity index (χ1n) is 10.2. The quantitative estimate of drug-likeness (QED) is 0.850. The Morgan fingerprint density at radius 3 is 2.62 bits per heavy atom. The van der Waals surface area contributed by atoms with Gasteiger partial charge in [0.1, 0.15) is 0 Å². The number of nitrogens with zero attached hydrogens (tertiary/aromatic N) is 1. The van der Waals surface area contributed by atoms with Crippen LogP contribution in [0.3, 0.4) is 0 Å². The maximum atomic E-state index is 12.9. The van der Waals surface area contributed by atoms with Crippen LogP contribution in [0.25, 0.3) is 0 Å². The van der Waals surface area contributed by atoms with Gasteiger partial charge < -0.3 is 15.3 Å². The zero-order chi connectivity index (χ0) is 18.7. The molecule has 1 aromatic rings. The number of hydrogen-bond donors (Lipinski definition) is 2. The summed E-state index contributed by atoms with van der Waals surface area (Å²) in [6.45, 7) is 9.82. The van der Waals surface area contributed by atoms with E-state index < -0.39 is 6.10 Å². The van der Waals surface area contributed by atoms with E-state index in [2.05, 4.69) is 37.1 Å². The van der Waals surface area contributed by atoms with E-state index >= 15 is 0 Å². The molecule has 2 unspecified atom stereocenters. The Bertz CT molecular complexity index is 608. The van der Waals surface area contributed by atoms with E-state index in [4.69, 9.17) is 0 Å². The molecule has 1 aromatic carbocycles. The zero-order valence-electron chi connectivity index (χ0n) is 16.4. The van der Waals surface area contributed by atoms with Gasteiger partial charge in [0.2, 0.25) is 5.91 Å². The van der Waals surface area contributed by atoms with Crippen molar-refractivity contribution in [2.24, 2.45) is 17.8 Å². The molecule has 2 aliphatic rings. The third-order valence-electron chi connectivity index (χ3n) is 6.28. The summed E-state index contributed by atoms with van der Waals surface area (Å²) in [5.74, 6) is 0.866. The molecule has 4 heteroatoms. The average molecular weight is 359 g/mol. The smallest absolute Gasteiger partial charge is 0.226 e. The minimum Gasteiger partial charge on any atom is -0.388 e. The van der Waals surface area contributed by atoms with E-state index in [9.17, 15) is 9.90 Å². The first-order valence-corrected chi connectivity index (χ1v) is 10.2. The van der Waals surface area contributed by atoms with E-state index in [1.54, 1.807) is 0 Å². The molecule has 3 rings (SSSR count). The van der Waals surface area contributed by atoms with E-state index in [-0.39, 0.29) is 17.9 Å². The summed E-state index contributed by atoms with van der Waals surface area (Å²) >= 11 is 0. The molecule has 0 aromatic heterocycles. The molecule has 1 aliphatic heterocycles. The van der Waals surface area contributed by atoms with Gasteiger partial charge in [-0.25, -0.2) is 0 Å². The summed E-state index contributed by atoms with van der Waals surface area (Å²) in [6, 6.07) is 8.09. The number of aliphatic hydroxyl groups is 1. The van der Waals surface area contributed by atoms with Crippen LogP contribution in [-0.4, -0.2) is 41.6 Å². The van der Waals surface area contributed by atoms with Crippen molar-refractivity contribution in [1.82, 2.24) is 10.2 Å². The first-order chi connectivity index (χ1) is 12.5. The predicted octanol–water partition coefficient (Wildman–Crippen LogP) is 3.16. The Morgan fingerprint density at radius 2 is 1.92 bits per heavy atom. The normalized spacial score (nSPS) is 25.7. The first kappa shape index (κ1) is 19.4. The van der Waals surface area contributed by atoms with Gasteiger partial charge in [0, 0.05) is 12.6 Å².